The molecule has 2 atom stereocenters. The molecule has 0 aromatic heterocycles. The zero-order valence-electron chi connectivity index (χ0n) is 7.99. The first-order valence-corrected chi connectivity index (χ1v) is 4.33. The highest BCUT2D eigenvalue weighted by atomic mass is 16.3. The smallest absolute Gasteiger partial charge is 0.100 e. The molecule has 0 radical (unpaired) electrons. The number of rotatable bonds is 2. The molecule has 0 spiro atoms. The first-order valence-electron chi connectivity index (χ1n) is 4.33. The van der Waals surface area contributed by atoms with Crippen molar-refractivity contribution in [2.75, 3.05) is 0 Å². The number of benzene rings is 1. The van der Waals surface area contributed by atoms with Crippen LogP contribution in [-0.4, -0.2) is 5.11 Å². The lowest BCUT2D eigenvalue weighted by Gasteiger charge is -2.27. The summed E-state index contributed by atoms with van der Waals surface area (Å²) >= 11 is 0. The Bertz CT molecular complexity index is 306. The maximum atomic E-state index is 10.1. The highest BCUT2D eigenvalue weighted by Crippen LogP contribution is 2.28. The fourth-order valence-corrected chi connectivity index (χ4v) is 1.19. The molecule has 0 amide bonds. The van der Waals surface area contributed by atoms with Gasteiger partial charge in [0, 0.05) is 5.92 Å². The van der Waals surface area contributed by atoms with Gasteiger partial charge in [-0.05, 0) is 19.4 Å². The third kappa shape index (κ3) is 1.91. The average molecular weight is 174 g/mol. The van der Waals surface area contributed by atoms with Gasteiger partial charge >= 0.3 is 0 Å². The van der Waals surface area contributed by atoms with Crippen LogP contribution in [0.5, 0.6) is 0 Å². The topological polar surface area (TPSA) is 20.2 Å². The van der Waals surface area contributed by atoms with Crippen molar-refractivity contribution >= 4 is 0 Å². The lowest BCUT2D eigenvalue weighted by molar-refractivity contribution is 0.0240. The predicted molar refractivity (Wildman–Crippen MR) is 54.0 cm³/mol. The van der Waals surface area contributed by atoms with Crippen LogP contribution in [-0.2, 0) is 5.60 Å². The molecule has 0 saturated carbocycles. The van der Waals surface area contributed by atoms with Crippen LogP contribution in [0.4, 0.5) is 0 Å². The van der Waals surface area contributed by atoms with E-state index in [0.717, 1.165) is 5.56 Å². The van der Waals surface area contributed by atoms with Crippen molar-refractivity contribution in [2.45, 2.75) is 19.4 Å². The zero-order valence-corrected chi connectivity index (χ0v) is 7.99. The first-order chi connectivity index (χ1) is 6.09. The highest BCUT2D eigenvalue weighted by Gasteiger charge is 2.28. The summed E-state index contributed by atoms with van der Waals surface area (Å²) < 4.78 is 0. The molecule has 1 nitrogen and oxygen atoms in total. The van der Waals surface area contributed by atoms with Crippen LogP contribution in [0.15, 0.2) is 30.3 Å². The SMILES string of the molecule is C#C[C@@H](C)[C@](C)(O)c1ccccc1. The quantitative estimate of drug-likeness (QED) is 0.681. The lowest BCUT2D eigenvalue weighted by atomic mass is 9.85. The Kier molecular flexibility index (Phi) is 2.75. The summed E-state index contributed by atoms with van der Waals surface area (Å²) in [5, 5.41) is 10.1. The maximum absolute atomic E-state index is 10.1. The number of aliphatic hydroxyl groups is 1. The predicted octanol–water partition coefficient (Wildman–Crippen LogP) is 2.16. The third-order valence-electron chi connectivity index (χ3n) is 2.45. The summed E-state index contributed by atoms with van der Waals surface area (Å²) in [6.07, 6.45) is 5.29. The molecule has 1 N–H and O–H groups in total. The van der Waals surface area contributed by atoms with E-state index in [1.807, 2.05) is 37.3 Å². The van der Waals surface area contributed by atoms with E-state index < -0.39 is 5.60 Å². The molecular formula is C12H14O. The first kappa shape index (κ1) is 9.83. The van der Waals surface area contributed by atoms with E-state index in [-0.39, 0.29) is 5.92 Å². The van der Waals surface area contributed by atoms with Gasteiger partial charge in [-0.2, -0.15) is 0 Å². The molecule has 0 aliphatic rings. The summed E-state index contributed by atoms with van der Waals surface area (Å²) in [6.45, 7) is 3.58. The number of hydrogen-bond donors (Lipinski definition) is 1. The van der Waals surface area contributed by atoms with E-state index in [2.05, 4.69) is 5.92 Å². The minimum absolute atomic E-state index is 0.185. The molecule has 68 valence electrons. The van der Waals surface area contributed by atoms with Gasteiger partial charge in [0.05, 0.1) is 0 Å². The van der Waals surface area contributed by atoms with E-state index in [0.29, 0.717) is 0 Å². The molecule has 0 aliphatic carbocycles. The minimum Gasteiger partial charge on any atom is -0.384 e. The van der Waals surface area contributed by atoms with Crippen LogP contribution in [0, 0.1) is 18.3 Å². The molecule has 0 aliphatic heterocycles. The standard InChI is InChI=1S/C12H14O/c1-4-10(2)12(3,13)11-8-6-5-7-9-11/h1,5-10,13H,2-3H3/t10-,12+/m1/s1. The monoisotopic (exact) mass is 174 g/mol. The normalized spacial score (nSPS) is 17.1. The van der Waals surface area contributed by atoms with Crippen molar-refractivity contribution in [1.82, 2.24) is 0 Å². The van der Waals surface area contributed by atoms with Crippen LogP contribution in [0.2, 0.25) is 0 Å². The summed E-state index contributed by atoms with van der Waals surface area (Å²) in [6, 6.07) is 9.47. The van der Waals surface area contributed by atoms with E-state index >= 15 is 0 Å². The van der Waals surface area contributed by atoms with E-state index in [1.165, 1.54) is 0 Å². The van der Waals surface area contributed by atoms with Crippen molar-refractivity contribution in [3.63, 3.8) is 0 Å². The van der Waals surface area contributed by atoms with Crippen LogP contribution < -0.4 is 0 Å². The number of hydrogen-bond acceptors (Lipinski definition) is 1. The fourth-order valence-electron chi connectivity index (χ4n) is 1.19. The average Bonchev–Trinajstić information content (AvgIpc) is 2.18. The van der Waals surface area contributed by atoms with Crippen LogP contribution in [0.1, 0.15) is 19.4 Å². The van der Waals surface area contributed by atoms with Gasteiger partial charge in [-0.1, -0.05) is 30.3 Å². The van der Waals surface area contributed by atoms with E-state index in [4.69, 9.17) is 6.42 Å². The summed E-state index contributed by atoms with van der Waals surface area (Å²) in [5.74, 6) is 2.37. The van der Waals surface area contributed by atoms with Gasteiger partial charge in [-0.25, -0.2) is 0 Å². The van der Waals surface area contributed by atoms with Gasteiger partial charge in [0.15, 0.2) is 0 Å². The Morgan fingerprint density at radius 3 is 2.38 bits per heavy atom. The zero-order chi connectivity index (χ0) is 9.90. The maximum Gasteiger partial charge on any atom is 0.100 e. The van der Waals surface area contributed by atoms with E-state index in [1.54, 1.807) is 6.92 Å². The van der Waals surface area contributed by atoms with Crippen molar-refractivity contribution in [2.24, 2.45) is 5.92 Å². The highest BCUT2D eigenvalue weighted by molar-refractivity contribution is 5.24. The molecule has 0 heterocycles. The second kappa shape index (κ2) is 3.64. The molecule has 1 heteroatoms. The Morgan fingerprint density at radius 2 is 1.92 bits per heavy atom. The van der Waals surface area contributed by atoms with Crippen LogP contribution in [0.25, 0.3) is 0 Å². The largest absolute Gasteiger partial charge is 0.384 e. The third-order valence-corrected chi connectivity index (χ3v) is 2.45. The van der Waals surface area contributed by atoms with E-state index in [9.17, 15) is 5.11 Å². The molecule has 1 rings (SSSR count). The van der Waals surface area contributed by atoms with Crippen LogP contribution >= 0.6 is 0 Å². The van der Waals surface area contributed by atoms with Crippen molar-refractivity contribution in [3.8, 4) is 12.3 Å². The Hall–Kier alpha value is -1.26. The van der Waals surface area contributed by atoms with Gasteiger partial charge < -0.3 is 5.11 Å². The van der Waals surface area contributed by atoms with Gasteiger partial charge in [0.1, 0.15) is 5.60 Å². The van der Waals surface area contributed by atoms with Gasteiger partial charge in [-0.15, -0.1) is 12.3 Å². The molecule has 1 aromatic rings. The molecule has 1 aromatic carbocycles. The molecule has 0 bridgehead atoms. The van der Waals surface area contributed by atoms with Crippen LogP contribution in [0.3, 0.4) is 0 Å². The van der Waals surface area contributed by atoms with Crippen molar-refractivity contribution < 1.29 is 5.11 Å². The Balaban J connectivity index is 3.02. The van der Waals surface area contributed by atoms with Gasteiger partial charge in [0.25, 0.3) is 0 Å². The van der Waals surface area contributed by atoms with Gasteiger partial charge in [-0.3, -0.25) is 0 Å². The molecule has 0 saturated heterocycles. The lowest BCUT2D eigenvalue weighted by Crippen LogP contribution is -2.28. The molecule has 13 heavy (non-hydrogen) atoms. The summed E-state index contributed by atoms with van der Waals surface area (Å²) in [4.78, 5) is 0. The molecule has 0 unspecified atom stereocenters. The van der Waals surface area contributed by atoms with Crippen molar-refractivity contribution in [3.05, 3.63) is 35.9 Å². The fraction of sp³-hybridized carbons (Fsp3) is 0.333. The Morgan fingerprint density at radius 1 is 1.38 bits per heavy atom. The van der Waals surface area contributed by atoms with Gasteiger partial charge in [0.2, 0.25) is 0 Å². The number of terminal acetylenes is 1. The minimum atomic E-state index is -0.935. The second-order valence-corrected chi connectivity index (χ2v) is 3.40. The summed E-state index contributed by atoms with van der Waals surface area (Å²) in [5.41, 5.74) is -0.0730. The Labute approximate surface area is 79.4 Å². The summed E-state index contributed by atoms with van der Waals surface area (Å²) in [7, 11) is 0. The molecular weight excluding hydrogens is 160 g/mol. The van der Waals surface area contributed by atoms with Crippen molar-refractivity contribution in [1.29, 1.82) is 0 Å². The molecule has 0 fully saturated rings. The second-order valence-electron chi connectivity index (χ2n) is 3.40.